The summed E-state index contributed by atoms with van der Waals surface area (Å²) in [6, 6.07) is 8.59. The van der Waals surface area contributed by atoms with Crippen molar-refractivity contribution in [3.8, 4) is 0 Å². The van der Waals surface area contributed by atoms with Crippen LogP contribution in [-0.2, 0) is 26.2 Å². The number of carbonyl (C=O) groups excluding carboxylic acids is 2. The highest BCUT2D eigenvalue weighted by molar-refractivity contribution is 7.92. The summed E-state index contributed by atoms with van der Waals surface area (Å²) in [6.07, 6.45) is 1.11. The van der Waals surface area contributed by atoms with Gasteiger partial charge >= 0.3 is 0 Å². The molecule has 2 rings (SSSR count). The van der Waals surface area contributed by atoms with Crippen molar-refractivity contribution in [1.82, 2.24) is 10.2 Å². The third kappa shape index (κ3) is 7.55. The van der Waals surface area contributed by atoms with E-state index in [9.17, 15) is 28.1 Å². The Hall–Kier alpha value is -2.89. The van der Waals surface area contributed by atoms with E-state index in [1.165, 1.54) is 23.1 Å². The Kier molecular flexibility index (Phi) is 10.1. The lowest BCUT2D eigenvalue weighted by Crippen LogP contribution is -2.53. The monoisotopic (exact) mass is 558 g/mol. The molecule has 0 saturated heterocycles. The molecule has 2 aromatic carbocycles. The molecular weight excluding hydrogens is 531 g/mol. The number of halogens is 2. The second kappa shape index (κ2) is 12.4. The first-order valence-electron chi connectivity index (χ1n) is 11.0. The average Bonchev–Trinajstić information content (AvgIpc) is 2.77. The summed E-state index contributed by atoms with van der Waals surface area (Å²) >= 11 is 12.6. The van der Waals surface area contributed by atoms with E-state index in [1.54, 1.807) is 39.0 Å². The first-order chi connectivity index (χ1) is 16.8. The van der Waals surface area contributed by atoms with E-state index < -0.39 is 39.3 Å². The van der Waals surface area contributed by atoms with Gasteiger partial charge in [-0.15, -0.1) is 0 Å². The number of anilines is 1. The molecule has 0 radical (unpaired) electrons. The summed E-state index contributed by atoms with van der Waals surface area (Å²) in [6.45, 7) is 4.40. The predicted octanol–water partition coefficient (Wildman–Crippen LogP) is 4.00. The van der Waals surface area contributed by atoms with Gasteiger partial charge in [0.25, 0.3) is 5.69 Å². The molecule has 2 aromatic rings. The van der Waals surface area contributed by atoms with Gasteiger partial charge in [-0.3, -0.25) is 24.0 Å². The zero-order valence-electron chi connectivity index (χ0n) is 20.3. The molecule has 13 heteroatoms. The summed E-state index contributed by atoms with van der Waals surface area (Å²) in [5.74, 6) is -1.14. The second-order valence-corrected chi connectivity index (χ2v) is 11.1. The normalized spacial score (nSPS) is 12.2. The zero-order valence-corrected chi connectivity index (χ0v) is 22.6. The van der Waals surface area contributed by atoms with E-state index in [0.717, 1.165) is 16.6 Å². The summed E-state index contributed by atoms with van der Waals surface area (Å²) in [7, 11) is -4.04. The van der Waals surface area contributed by atoms with Crippen LogP contribution in [-0.4, -0.2) is 54.9 Å². The van der Waals surface area contributed by atoms with Crippen LogP contribution in [0.1, 0.15) is 32.8 Å². The number of nitro groups is 1. The van der Waals surface area contributed by atoms with Crippen molar-refractivity contribution in [3.63, 3.8) is 0 Å². The minimum atomic E-state index is -4.04. The molecule has 0 aliphatic heterocycles. The summed E-state index contributed by atoms with van der Waals surface area (Å²) in [5.41, 5.74) is -0.00209. The number of non-ortho nitro benzene ring substituents is 1. The Morgan fingerprint density at radius 2 is 1.69 bits per heavy atom. The minimum Gasteiger partial charge on any atom is -0.352 e. The van der Waals surface area contributed by atoms with E-state index in [1.807, 2.05) is 0 Å². The fourth-order valence-electron chi connectivity index (χ4n) is 3.53. The molecule has 10 nitrogen and oxygen atoms in total. The molecule has 0 spiro atoms. The largest absolute Gasteiger partial charge is 0.352 e. The van der Waals surface area contributed by atoms with E-state index in [4.69, 9.17) is 23.2 Å². The number of amides is 2. The molecule has 1 N–H and O–H groups in total. The van der Waals surface area contributed by atoms with Crippen molar-refractivity contribution < 1.29 is 22.9 Å². The van der Waals surface area contributed by atoms with Crippen LogP contribution < -0.4 is 9.62 Å². The molecule has 196 valence electrons. The number of rotatable bonds is 11. The van der Waals surface area contributed by atoms with E-state index in [-0.39, 0.29) is 40.4 Å². The van der Waals surface area contributed by atoms with Crippen LogP contribution in [0.25, 0.3) is 0 Å². The van der Waals surface area contributed by atoms with Crippen molar-refractivity contribution in [2.24, 2.45) is 0 Å². The van der Waals surface area contributed by atoms with Gasteiger partial charge in [0.05, 0.1) is 16.9 Å². The van der Waals surface area contributed by atoms with E-state index >= 15 is 0 Å². The molecule has 0 fully saturated rings. The highest BCUT2D eigenvalue weighted by atomic mass is 35.5. The number of sulfonamides is 1. The predicted molar refractivity (Wildman–Crippen MR) is 140 cm³/mol. The van der Waals surface area contributed by atoms with Crippen LogP contribution in [0.4, 0.5) is 11.4 Å². The van der Waals surface area contributed by atoms with Crippen molar-refractivity contribution in [1.29, 1.82) is 0 Å². The van der Waals surface area contributed by atoms with Gasteiger partial charge in [0.1, 0.15) is 12.6 Å². The lowest BCUT2D eigenvalue weighted by atomic mass is 10.1. The Balaban J connectivity index is 2.54. The Morgan fingerprint density at radius 1 is 1.11 bits per heavy atom. The van der Waals surface area contributed by atoms with Crippen LogP contribution >= 0.6 is 23.2 Å². The first-order valence-corrected chi connectivity index (χ1v) is 13.6. The van der Waals surface area contributed by atoms with Gasteiger partial charge in [-0.25, -0.2) is 8.42 Å². The summed E-state index contributed by atoms with van der Waals surface area (Å²) in [4.78, 5) is 38.4. The molecule has 0 bridgehead atoms. The second-order valence-electron chi connectivity index (χ2n) is 8.36. The fraction of sp³-hybridized carbons (Fsp3) is 0.391. The Bertz CT molecular complexity index is 1220. The maximum atomic E-state index is 13.6. The molecule has 0 saturated carbocycles. The van der Waals surface area contributed by atoms with E-state index in [0.29, 0.717) is 5.56 Å². The van der Waals surface area contributed by atoms with Crippen LogP contribution in [0.2, 0.25) is 10.0 Å². The molecule has 0 aliphatic carbocycles. The number of nitrogens with zero attached hydrogens (tertiary/aromatic N) is 3. The Labute approximate surface area is 220 Å². The van der Waals surface area contributed by atoms with Gasteiger partial charge in [-0.2, -0.15) is 0 Å². The van der Waals surface area contributed by atoms with Crippen molar-refractivity contribution in [2.45, 2.75) is 45.8 Å². The van der Waals surface area contributed by atoms with Crippen molar-refractivity contribution in [2.75, 3.05) is 17.1 Å². The molecule has 0 aromatic heterocycles. The summed E-state index contributed by atoms with van der Waals surface area (Å²) < 4.78 is 26.0. The molecular formula is C23H28Cl2N4O6S. The van der Waals surface area contributed by atoms with Gasteiger partial charge in [0.2, 0.25) is 21.8 Å². The van der Waals surface area contributed by atoms with Crippen LogP contribution in [0.15, 0.2) is 42.5 Å². The van der Waals surface area contributed by atoms with Crippen LogP contribution in [0.5, 0.6) is 0 Å². The molecule has 0 heterocycles. The number of nitro benzene ring substituents is 1. The van der Waals surface area contributed by atoms with E-state index in [2.05, 4.69) is 5.32 Å². The highest BCUT2D eigenvalue weighted by Crippen LogP contribution is 2.28. The third-order valence-corrected chi connectivity index (χ3v) is 7.06. The fourth-order valence-corrected chi connectivity index (χ4v) is 4.89. The molecule has 0 aliphatic rings. The number of benzene rings is 2. The standard InChI is InChI=1S/C23H28Cl2N4O6S/c1-5-21(23(31)26-15(2)3)27(13-18-19(24)10-7-11-20(18)25)22(30)14-28(36(4,34)35)16-8-6-9-17(12-16)29(32)33/h6-12,15,21H,5,13-14H2,1-4H3,(H,26,31)/t21-/m1/s1. The smallest absolute Gasteiger partial charge is 0.271 e. The summed E-state index contributed by atoms with van der Waals surface area (Å²) in [5, 5.41) is 14.5. The van der Waals surface area contributed by atoms with Gasteiger partial charge in [0, 0.05) is 40.3 Å². The highest BCUT2D eigenvalue weighted by Gasteiger charge is 2.33. The van der Waals surface area contributed by atoms with Crippen LogP contribution in [0.3, 0.4) is 0 Å². The number of hydrogen-bond donors (Lipinski definition) is 1. The molecule has 2 amide bonds. The Morgan fingerprint density at radius 3 is 2.19 bits per heavy atom. The van der Waals surface area contributed by atoms with Gasteiger partial charge < -0.3 is 10.2 Å². The van der Waals surface area contributed by atoms with Crippen molar-refractivity contribution in [3.05, 3.63) is 68.2 Å². The van der Waals surface area contributed by atoms with Gasteiger partial charge in [-0.1, -0.05) is 42.3 Å². The maximum absolute atomic E-state index is 13.6. The number of nitrogens with one attached hydrogen (secondary N) is 1. The third-order valence-electron chi connectivity index (χ3n) is 5.21. The number of hydrogen-bond acceptors (Lipinski definition) is 6. The SMILES string of the molecule is CC[C@H](C(=O)NC(C)C)N(Cc1c(Cl)cccc1Cl)C(=O)CN(c1cccc([N+](=O)[O-])c1)S(C)(=O)=O. The first kappa shape index (κ1) is 29.3. The average molecular weight is 559 g/mol. The molecule has 0 unspecified atom stereocenters. The van der Waals surface area contributed by atoms with Crippen molar-refractivity contribution >= 4 is 56.4 Å². The quantitative estimate of drug-likeness (QED) is 0.327. The molecule has 36 heavy (non-hydrogen) atoms. The lowest BCUT2D eigenvalue weighted by molar-refractivity contribution is -0.384. The van der Waals surface area contributed by atoms with Gasteiger partial charge in [0.15, 0.2) is 0 Å². The van der Waals surface area contributed by atoms with Gasteiger partial charge in [-0.05, 0) is 38.5 Å². The van der Waals surface area contributed by atoms with Crippen LogP contribution in [0, 0.1) is 10.1 Å². The maximum Gasteiger partial charge on any atom is 0.271 e. The number of carbonyl (C=O) groups is 2. The minimum absolute atomic E-state index is 0.0598. The topological polar surface area (TPSA) is 130 Å². The molecule has 1 atom stereocenters. The zero-order chi connectivity index (χ0) is 27.2. The lowest BCUT2D eigenvalue weighted by Gasteiger charge is -2.33.